The van der Waals surface area contributed by atoms with Crippen molar-refractivity contribution in [3.63, 3.8) is 0 Å². The molecule has 0 atom stereocenters. The van der Waals surface area contributed by atoms with E-state index in [1.807, 2.05) is 37.3 Å². The van der Waals surface area contributed by atoms with E-state index in [9.17, 15) is 4.79 Å². The lowest BCUT2D eigenvalue weighted by Crippen LogP contribution is -2.12. The number of hydrogen-bond acceptors (Lipinski definition) is 5. The summed E-state index contributed by atoms with van der Waals surface area (Å²) in [5.41, 5.74) is 2.87. The predicted octanol–water partition coefficient (Wildman–Crippen LogP) is 3.72. The number of carbonyl (C=O) groups excluding carboxylic acids is 1. The number of nitrogens with one attached hydrogen (secondary N) is 1. The van der Waals surface area contributed by atoms with Crippen LogP contribution in [-0.2, 0) is 0 Å². The van der Waals surface area contributed by atoms with Gasteiger partial charge in [0, 0.05) is 23.0 Å². The zero-order chi connectivity index (χ0) is 18.5. The van der Waals surface area contributed by atoms with Crippen molar-refractivity contribution in [1.29, 1.82) is 0 Å². The fraction of sp³-hybridized carbons (Fsp3) is 0.150. The van der Waals surface area contributed by atoms with Crippen molar-refractivity contribution in [3.05, 3.63) is 66.1 Å². The van der Waals surface area contributed by atoms with Gasteiger partial charge >= 0.3 is 0 Å². The average molecular weight is 349 g/mol. The molecule has 132 valence electrons. The van der Waals surface area contributed by atoms with Gasteiger partial charge in [-0.3, -0.25) is 4.79 Å². The van der Waals surface area contributed by atoms with Crippen LogP contribution in [0, 0.1) is 6.92 Å². The second-order valence-electron chi connectivity index (χ2n) is 5.59. The van der Waals surface area contributed by atoms with Crippen LogP contribution in [0.1, 0.15) is 16.2 Å². The van der Waals surface area contributed by atoms with Crippen molar-refractivity contribution in [2.75, 3.05) is 19.5 Å². The Labute approximate surface area is 151 Å². The molecular formula is C20H19N3O3. The SMILES string of the molecule is COc1ccc(C(=O)Nc2cccc(-c3ccnc(C)n3)c2)cc1OC. The Morgan fingerprint density at radius 1 is 1.00 bits per heavy atom. The highest BCUT2D eigenvalue weighted by Crippen LogP contribution is 2.28. The third kappa shape index (κ3) is 3.80. The van der Waals surface area contributed by atoms with Crippen LogP contribution in [0.4, 0.5) is 5.69 Å². The summed E-state index contributed by atoms with van der Waals surface area (Å²) in [4.78, 5) is 21.1. The zero-order valence-corrected chi connectivity index (χ0v) is 14.8. The van der Waals surface area contributed by atoms with Crippen LogP contribution in [-0.4, -0.2) is 30.1 Å². The summed E-state index contributed by atoms with van der Waals surface area (Å²) in [6.45, 7) is 1.84. The number of benzene rings is 2. The standard InChI is InChI=1S/C20H19N3O3/c1-13-21-10-9-17(22-13)14-5-4-6-16(11-14)23-20(24)15-7-8-18(25-2)19(12-15)26-3/h4-12H,1-3H3,(H,23,24). The van der Waals surface area contributed by atoms with Crippen molar-refractivity contribution >= 4 is 11.6 Å². The first-order valence-electron chi connectivity index (χ1n) is 8.04. The highest BCUT2D eigenvalue weighted by atomic mass is 16.5. The average Bonchev–Trinajstić information content (AvgIpc) is 2.67. The molecule has 0 unspecified atom stereocenters. The molecule has 1 N–H and O–H groups in total. The van der Waals surface area contributed by atoms with Crippen LogP contribution in [0.2, 0.25) is 0 Å². The number of anilines is 1. The third-order valence-corrected chi connectivity index (χ3v) is 3.84. The Hall–Kier alpha value is -3.41. The largest absolute Gasteiger partial charge is 0.493 e. The molecule has 3 rings (SSSR count). The minimum atomic E-state index is -0.234. The van der Waals surface area contributed by atoms with Gasteiger partial charge in [0.1, 0.15) is 5.82 Å². The Kier molecular flexibility index (Phi) is 5.12. The topological polar surface area (TPSA) is 73.3 Å². The Morgan fingerprint density at radius 3 is 2.54 bits per heavy atom. The molecule has 1 aromatic heterocycles. The maximum Gasteiger partial charge on any atom is 0.255 e. The fourth-order valence-corrected chi connectivity index (χ4v) is 2.55. The monoisotopic (exact) mass is 349 g/mol. The fourth-order valence-electron chi connectivity index (χ4n) is 2.55. The number of rotatable bonds is 5. The third-order valence-electron chi connectivity index (χ3n) is 3.84. The number of methoxy groups -OCH3 is 2. The smallest absolute Gasteiger partial charge is 0.255 e. The van der Waals surface area contributed by atoms with Gasteiger partial charge < -0.3 is 14.8 Å². The molecule has 0 aliphatic heterocycles. The van der Waals surface area contributed by atoms with E-state index >= 15 is 0 Å². The van der Waals surface area contributed by atoms with Crippen molar-refractivity contribution in [2.24, 2.45) is 0 Å². The number of aryl methyl sites for hydroxylation is 1. The van der Waals surface area contributed by atoms with E-state index < -0.39 is 0 Å². The van der Waals surface area contributed by atoms with Crippen LogP contribution >= 0.6 is 0 Å². The molecule has 2 aromatic carbocycles. The molecule has 0 aliphatic carbocycles. The van der Waals surface area contributed by atoms with E-state index in [-0.39, 0.29) is 5.91 Å². The van der Waals surface area contributed by atoms with E-state index in [4.69, 9.17) is 9.47 Å². The van der Waals surface area contributed by atoms with Gasteiger partial charge in [-0.1, -0.05) is 12.1 Å². The Bertz CT molecular complexity index is 941. The van der Waals surface area contributed by atoms with E-state index in [1.54, 1.807) is 31.5 Å². The van der Waals surface area contributed by atoms with Crippen LogP contribution in [0.5, 0.6) is 11.5 Å². The maximum atomic E-state index is 12.6. The summed E-state index contributed by atoms with van der Waals surface area (Å²) in [6.07, 6.45) is 1.71. The van der Waals surface area contributed by atoms with Gasteiger partial charge in [-0.2, -0.15) is 0 Å². The minimum absolute atomic E-state index is 0.234. The molecule has 0 aliphatic rings. The summed E-state index contributed by atoms with van der Waals surface area (Å²) < 4.78 is 10.4. The molecular weight excluding hydrogens is 330 g/mol. The van der Waals surface area contributed by atoms with Gasteiger partial charge in [0.2, 0.25) is 0 Å². The van der Waals surface area contributed by atoms with Crippen molar-refractivity contribution in [1.82, 2.24) is 9.97 Å². The van der Waals surface area contributed by atoms with Gasteiger partial charge in [0.15, 0.2) is 11.5 Å². The summed E-state index contributed by atoms with van der Waals surface area (Å²) in [7, 11) is 3.09. The zero-order valence-electron chi connectivity index (χ0n) is 14.8. The van der Waals surface area contributed by atoms with Crippen LogP contribution in [0.3, 0.4) is 0 Å². The van der Waals surface area contributed by atoms with Crippen LogP contribution < -0.4 is 14.8 Å². The lowest BCUT2D eigenvalue weighted by molar-refractivity contribution is 0.102. The van der Waals surface area contributed by atoms with E-state index in [0.29, 0.717) is 28.6 Å². The molecule has 0 saturated heterocycles. The van der Waals surface area contributed by atoms with Gasteiger partial charge in [0.05, 0.1) is 19.9 Å². The van der Waals surface area contributed by atoms with Crippen molar-refractivity contribution in [2.45, 2.75) is 6.92 Å². The summed E-state index contributed by atoms with van der Waals surface area (Å²) in [6, 6.07) is 14.4. The first-order chi connectivity index (χ1) is 12.6. The quantitative estimate of drug-likeness (QED) is 0.760. The number of carbonyl (C=O) groups is 1. The highest BCUT2D eigenvalue weighted by Gasteiger charge is 2.11. The Balaban J connectivity index is 1.83. The molecule has 0 bridgehead atoms. The highest BCUT2D eigenvalue weighted by molar-refractivity contribution is 6.04. The normalized spacial score (nSPS) is 10.3. The number of nitrogens with zero attached hydrogens (tertiary/aromatic N) is 2. The second kappa shape index (κ2) is 7.65. The molecule has 6 heteroatoms. The first-order valence-corrected chi connectivity index (χ1v) is 8.04. The van der Waals surface area contributed by atoms with Gasteiger partial charge in [-0.25, -0.2) is 9.97 Å². The summed E-state index contributed by atoms with van der Waals surface area (Å²) in [5, 5.41) is 2.89. The van der Waals surface area contributed by atoms with Crippen molar-refractivity contribution < 1.29 is 14.3 Å². The first kappa shape index (κ1) is 17.4. The van der Waals surface area contributed by atoms with E-state index in [1.165, 1.54) is 7.11 Å². The minimum Gasteiger partial charge on any atom is -0.493 e. The number of amides is 1. The van der Waals surface area contributed by atoms with Crippen molar-refractivity contribution in [3.8, 4) is 22.8 Å². The molecule has 6 nitrogen and oxygen atoms in total. The van der Waals surface area contributed by atoms with E-state index in [2.05, 4.69) is 15.3 Å². The van der Waals surface area contributed by atoms with Gasteiger partial charge in [-0.05, 0) is 43.3 Å². The molecule has 0 fully saturated rings. The lowest BCUT2D eigenvalue weighted by atomic mass is 10.1. The second-order valence-corrected chi connectivity index (χ2v) is 5.59. The number of hydrogen-bond donors (Lipinski definition) is 1. The molecule has 1 amide bonds. The number of aromatic nitrogens is 2. The van der Waals surface area contributed by atoms with Gasteiger partial charge in [0.25, 0.3) is 5.91 Å². The summed E-state index contributed by atoms with van der Waals surface area (Å²) in [5.74, 6) is 1.54. The lowest BCUT2D eigenvalue weighted by Gasteiger charge is -2.11. The predicted molar refractivity (Wildman–Crippen MR) is 99.7 cm³/mol. The van der Waals surface area contributed by atoms with Crippen LogP contribution in [0.25, 0.3) is 11.3 Å². The molecule has 0 radical (unpaired) electrons. The maximum absolute atomic E-state index is 12.6. The molecule has 26 heavy (non-hydrogen) atoms. The van der Waals surface area contributed by atoms with Crippen LogP contribution in [0.15, 0.2) is 54.7 Å². The summed E-state index contributed by atoms with van der Waals surface area (Å²) >= 11 is 0. The number of ether oxygens (including phenoxy) is 2. The molecule has 1 heterocycles. The Morgan fingerprint density at radius 2 is 1.81 bits per heavy atom. The molecule has 3 aromatic rings. The molecule has 0 spiro atoms. The molecule has 0 saturated carbocycles. The van der Waals surface area contributed by atoms with E-state index in [0.717, 1.165) is 11.3 Å². The van der Waals surface area contributed by atoms with Gasteiger partial charge in [-0.15, -0.1) is 0 Å².